The lowest BCUT2D eigenvalue weighted by atomic mass is 10.3. The van der Waals surface area contributed by atoms with Crippen molar-refractivity contribution in [1.82, 2.24) is 10.3 Å². The number of hydrogen-bond acceptors (Lipinski definition) is 4. The van der Waals surface area contributed by atoms with Gasteiger partial charge in [0.05, 0.1) is 23.9 Å². The molecular formula is C9H7ClN2O2S. The van der Waals surface area contributed by atoms with Crippen LogP contribution in [0.3, 0.4) is 0 Å². The molecule has 1 N–H and O–H groups in total. The van der Waals surface area contributed by atoms with Crippen molar-refractivity contribution in [3.05, 3.63) is 39.7 Å². The first-order chi connectivity index (χ1) is 7.27. The third kappa shape index (κ3) is 2.37. The van der Waals surface area contributed by atoms with Crippen LogP contribution < -0.4 is 5.32 Å². The molecule has 6 heteroatoms. The third-order valence-corrected chi connectivity index (χ3v) is 2.84. The lowest BCUT2D eigenvalue weighted by Gasteiger charge is -2.00. The fourth-order valence-electron chi connectivity index (χ4n) is 1.05. The second-order valence-corrected chi connectivity index (χ2v) is 4.07. The van der Waals surface area contributed by atoms with Crippen LogP contribution in [0.25, 0.3) is 0 Å². The van der Waals surface area contributed by atoms with Crippen LogP contribution in [-0.2, 0) is 6.54 Å². The van der Waals surface area contributed by atoms with Crippen molar-refractivity contribution in [3.63, 3.8) is 0 Å². The van der Waals surface area contributed by atoms with Crippen LogP contribution in [0, 0.1) is 0 Å². The largest absolute Gasteiger partial charge is 0.452 e. The Labute approximate surface area is 94.9 Å². The zero-order valence-electron chi connectivity index (χ0n) is 7.57. The van der Waals surface area contributed by atoms with Gasteiger partial charge in [-0.25, -0.2) is 0 Å². The molecule has 78 valence electrons. The number of halogens is 1. The number of carbonyl (C=O) groups excluding carboxylic acids is 1. The minimum atomic E-state index is -0.248. The maximum atomic E-state index is 11.6. The molecule has 0 aromatic carbocycles. The molecular weight excluding hydrogens is 236 g/mol. The van der Waals surface area contributed by atoms with E-state index in [-0.39, 0.29) is 11.1 Å². The summed E-state index contributed by atoms with van der Waals surface area (Å²) >= 11 is 7.14. The van der Waals surface area contributed by atoms with Gasteiger partial charge in [-0.3, -0.25) is 9.78 Å². The second kappa shape index (κ2) is 4.46. The number of aromatic nitrogens is 1. The fourth-order valence-corrected chi connectivity index (χ4v) is 1.78. The number of amides is 1. The van der Waals surface area contributed by atoms with Crippen LogP contribution in [0.5, 0.6) is 0 Å². The Morgan fingerprint density at radius 3 is 3.13 bits per heavy atom. The highest BCUT2D eigenvalue weighted by molar-refractivity contribution is 7.09. The molecule has 0 unspecified atom stereocenters. The predicted molar refractivity (Wildman–Crippen MR) is 57.0 cm³/mol. The van der Waals surface area contributed by atoms with Gasteiger partial charge in [0.15, 0.2) is 0 Å². The summed E-state index contributed by atoms with van der Waals surface area (Å²) in [5.41, 5.74) is 2.06. The monoisotopic (exact) mass is 242 g/mol. The molecule has 2 aromatic heterocycles. The van der Waals surface area contributed by atoms with E-state index >= 15 is 0 Å². The molecule has 0 bridgehead atoms. The van der Waals surface area contributed by atoms with E-state index in [1.54, 1.807) is 11.7 Å². The van der Waals surface area contributed by atoms with E-state index in [9.17, 15) is 4.79 Å². The average molecular weight is 243 g/mol. The highest BCUT2D eigenvalue weighted by Gasteiger charge is 2.12. The van der Waals surface area contributed by atoms with E-state index in [1.807, 2.05) is 0 Å². The van der Waals surface area contributed by atoms with Crippen molar-refractivity contribution in [2.75, 3.05) is 0 Å². The van der Waals surface area contributed by atoms with Crippen molar-refractivity contribution < 1.29 is 9.21 Å². The molecule has 4 nitrogen and oxygen atoms in total. The number of rotatable bonds is 3. The Hall–Kier alpha value is -1.33. The SMILES string of the molecule is O=C(NCc1cncs1)c1ccoc1Cl. The Morgan fingerprint density at radius 2 is 2.53 bits per heavy atom. The van der Waals surface area contributed by atoms with Crippen LogP contribution in [0.4, 0.5) is 0 Å². The van der Waals surface area contributed by atoms with Gasteiger partial charge in [0.2, 0.25) is 5.22 Å². The summed E-state index contributed by atoms with van der Waals surface area (Å²) in [5, 5.41) is 2.82. The summed E-state index contributed by atoms with van der Waals surface area (Å²) in [4.78, 5) is 16.4. The molecule has 2 rings (SSSR count). The summed E-state index contributed by atoms with van der Waals surface area (Å²) in [6.45, 7) is 0.449. The third-order valence-electron chi connectivity index (χ3n) is 1.77. The first kappa shape index (κ1) is 10.2. The summed E-state index contributed by atoms with van der Waals surface area (Å²) in [7, 11) is 0. The summed E-state index contributed by atoms with van der Waals surface area (Å²) in [6.07, 6.45) is 3.09. The molecule has 2 aromatic rings. The minimum absolute atomic E-state index is 0.108. The van der Waals surface area contributed by atoms with E-state index in [2.05, 4.69) is 10.3 Å². The maximum Gasteiger partial charge on any atom is 0.256 e. The highest BCUT2D eigenvalue weighted by atomic mass is 35.5. The molecule has 0 aliphatic carbocycles. The van der Waals surface area contributed by atoms with E-state index in [0.29, 0.717) is 12.1 Å². The standard InChI is InChI=1S/C9H7ClN2O2S/c10-8-7(1-2-14-8)9(13)12-4-6-3-11-5-15-6/h1-3,5H,4H2,(H,12,13). The van der Waals surface area contributed by atoms with Gasteiger partial charge in [0.1, 0.15) is 0 Å². The van der Waals surface area contributed by atoms with Crippen molar-refractivity contribution >= 4 is 28.8 Å². The smallest absolute Gasteiger partial charge is 0.256 e. The molecule has 1 amide bonds. The molecule has 0 saturated carbocycles. The van der Waals surface area contributed by atoms with Crippen molar-refractivity contribution in [2.24, 2.45) is 0 Å². The van der Waals surface area contributed by atoms with Gasteiger partial charge in [-0.15, -0.1) is 11.3 Å². The zero-order valence-corrected chi connectivity index (χ0v) is 9.14. The van der Waals surface area contributed by atoms with Crippen molar-refractivity contribution in [2.45, 2.75) is 6.54 Å². The lowest BCUT2D eigenvalue weighted by Crippen LogP contribution is -2.21. The lowest BCUT2D eigenvalue weighted by molar-refractivity contribution is 0.0951. The Morgan fingerprint density at radius 1 is 1.67 bits per heavy atom. The fraction of sp³-hybridized carbons (Fsp3) is 0.111. The van der Waals surface area contributed by atoms with Crippen LogP contribution in [0.15, 0.2) is 28.5 Å². The van der Waals surface area contributed by atoms with Gasteiger partial charge in [0, 0.05) is 11.1 Å². The normalized spacial score (nSPS) is 10.2. The van der Waals surface area contributed by atoms with Crippen LogP contribution in [-0.4, -0.2) is 10.9 Å². The van der Waals surface area contributed by atoms with Gasteiger partial charge in [0.25, 0.3) is 5.91 Å². The second-order valence-electron chi connectivity index (χ2n) is 2.76. The summed E-state index contributed by atoms with van der Waals surface area (Å²) < 4.78 is 4.82. The Kier molecular flexibility index (Phi) is 3.03. The molecule has 0 radical (unpaired) electrons. The number of nitrogens with zero attached hydrogens (tertiary/aromatic N) is 1. The van der Waals surface area contributed by atoms with E-state index in [1.165, 1.54) is 23.7 Å². The number of nitrogens with one attached hydrogen (secondary N) is 1. The Bertz CT molecular complexity index is 452. The zero-order chi connectivity index (χ0) is 10.7. The number of carbonyl (C=O) groups is 1. The van der Waals surface area contributed by atoms with Gasteiger partial charge in [-0.1, -0.05) is 0 Å². The molecule has 15 heavy (non-hydrogen) atoms. The number of furan rings is 1. The number of thiazole rings is 1. The first-order valence-electron chi connectivity index (χ1n) is 4.16. The van der Waals surface area contributed by atoms with E-state index in [4.69, 9.17) is 16.0 Å². The molecule has 0 fully saturated rings. The van der Waals surface area contributed by atoms with Crippen molar-refractivity contribution in [3.8, 4) is 0 Å². The first-order valence-corrected chi connectivity index (χ1v) is 5.41. The van der Waals surface area contributed by atoms with Crippen LogP contribution in [0.1, 0.15) is 15.2 Å². The molecule has 2 heterocycles. The Balaban J connectivity index is 1.96. The average Bonchev–Trinajstić information content (AvgIpc) is 2.84. The summed E-state index contributed by atoms with van der Waals surface area (Å²) in [6, 6.07) is 1.53. The summed E-state index contributed by atoms with van der Waals surface area (Å²) in [5.74, 6) is -0.248. The molecule has 0 spiro atoms. The van der Waals surface area contributed by atoms with Crippen molar-refractivity contribution in [1.29, 1.82) is 0 Å². The minimum Gasteiger partial charge on any atom is -0.452 e. The maximum absolute atomic E-state index is 11.6. The molecule has 0 aliphatic rings. The van der Waals surface area contributed by atoms with E-state index in [0.717, 1.165) is 4.88 Å². The highest BCUT2D eigenvalue weighted by Crippen LogP contribution is 2.16. The van der Waals surface area contributed by atoms with Crippen LogP contribution in [0.2, 0.25) is 5.22 Å². The van der Waals surface area contributed by atoms with Gasteiger partial charge >= 0.3 is 0 Å². The van der Waals surface area contributed by atoms with Gasteiger partial charge in [-0.05, 0) is 17.7 Å². The number of hydrogen-bond donors (Lipinski definition) is 1. The topological polar surface area (TPSA) is 55.1 Å². The van der Waals surface area contributed by atoms with Gasteiger partial charge < -0.3 is 9.73 Å². The quantitative estimate of drug-likeness (QED) is 0.899. The molecule has 0 atom stereocenters. The predicted octanol–water partition coefficient (Wildman–Crippen LogP) is 2.32. The van der Waals surface area contributed by atoms with Crippen LogP contribution >= 0.6 is 22.9 Å². The molecule has 0 aliphatic heterocycles. The van der Waals surface area contributed by atoms with E-state index < -0.39 is 0 Å². The van der Waals surface area contributed by atoms with Gasteiger partial charge in [-0.2, -0.15) is 0 Å². The molecule has 0 saturated heterocycles.